The number of nitrogens with one attached hydrogen (secondary N) is 1. The standard InChI is InChI=1S/C17H19ClN4O3/c1-12-9-15(20-25-12)19-16(23)11-17(24)22-7-5-21(6-8-22)14-4-2-3-13(18)10-14/h2-4,9-10H,5-8,11H2,1H3,(H,19,20,23). The Bertz CT molecular complexity index is 769. The van der Waals surface area contributed by atoms with Gasteiger partial charge in [-0.1, -0.05) is 22.8 Å². The number of carbonyl (C=O) groups is 2. The van der Waals surface area contributed by atoms with Gasteiger partial charge < -0.3 is 19.6 Å². The van der Waals surface area contributed by atoms with Gasteiger partial charge >= 0.3 is 0 Å². The summed E-state index contributed by atoms with van der Waals surface area (Å²) < 4.78 is 4.87. The lowest BCUT2D eigenvalue weighted by Gasteiger charge is -2.36. The van der Waals surface area contributed by atoms with E-state index in [0.29, 0.717) is 42.8 Å². The Morgan fingerprint density at radius 2 is 2.00 bits per heavy atom. The van der Waals surface area contributed by atoms with Crippen LogP contribution in [0.25, 0.3) is 0 Å². The second kappa shape index (κ2) is 7.57. The Labute approximate surface area is 150 Å². The molecule has 1 saturated heterocycles. The summed E-state index contributed by atoms with van der Waals surface area (Å²) in [6.45, 7) is 4.28. The van der Waals surface area contributed by atoms with Crippen LogP contribution in [0.4, 0.5) is 11.5 Å². The van der Waals surface area contributed by atoms with Crippen LogP contribution in [0.15, 0.2) is 34.9 Å². The maximum atomic E-state index is 12.3. The normalized spacial score (nSPS) is 14.5. The number of nitrogens with zero attached hydrogens (tertiary/aromatic N) is 3. The van der Waals surface area contributed by atoms with Gasteiger partial charge in [-0.25, -0.2) is 0 Å². The van der Waals surface area contributed by atoms with Crippen LogP contribution in [0.2, 0.25) is 5.02 Å². The molecular formula is C17H19ClN4O3. The number of hydrogen-bond donors (Lipinski definition) is 1. The number of aromatic nitrogens is 1. The molecule has 1 N–H and O–H groups in total. The molecule has 2 heterocycles. The topological polar surface area (TPSA) is 78.7 Å². The van der Waals surface area contributed by atoms with E-state index >= 15 is 0 Å². The average molecular weight is 363 g/mol. The molecule has 1 aromatic carbocycles. The number of aryl methyl sites for hydroxylation is 1. The molecule has 1 aromatic heterocycles. The monoisotopic (exact) mass is 362 g/mol. The molecule has 0 radical (unpaired) electrons. The lowest BCUT2D eigenvalue weighted by atomic mass is 10.2. The minimum absolute atomic E-state index is 0.191. The summed E-state index contributed by atoms with van der Waals surface area (Å²) >= 11 is 6.02. The summed E-state index contributed by atoms with van der Waals surface area (Å²) in [5, 5.41) is 6.92. The molecule has 25 heavy (non-hydrogen) atoms. The van der Waals surface area contributed by atoms with Crippen molar-refractivity contribution in [2.45, 2.75) is 13.3 Å². The van der Waals surface area contributed by atoms with E-state index in [1.54, 1.807) is 17.9 Å². The highest BCUT2D eigenvalue weighted by Crippen LogP contribution is 2.21. The molecule has 2 aromatic rings. The third-order valence-electron chi connectivity index (χ3n) is 4.01. The summed E-state index contributed by atoms with van der Waals surface area (Å²) in [6, 6.07) is 9.25. The molecule has 0 atom stereocenters. The van der Waals surface area contributed by atoms with E-state index in [2.05, 4.69) is 15.4 Å². The average Bonchev–Trinajstić information content (AvgIpc) is 2.99. The summed E-state index contributed by atoms with van der Waals surface area (Å²) in [7, 11) is 0. The Morgan fingerprint density at radius 3 is 2.64 bits per heavy atom. The molecule has 0 bridgehead atoms. The summed E-state index contributed by atoms with van der Waals surface area (Å²) in [4.78, 5) is 28.1. The molecule has 1 aliphatic rings. The number of amides is 2. The molecule has 0 spiro atoms. The van der Waals surface area contributed by atoms with Crippen LogP contribution in [0.1, 0.15) is 12.2 Å². The maximum absolute atomic E-state index is 12.3. The van der Waals surface area contributed by atoms with Gasteiger partial charge in [0.25, 0.3) is 0 Å². The third-order valence-corrected chi connectivity index (χ3v) is 4.25. The molecule has 1 fully saturated rings. The minimum atomic E-state index is -0.393. The molecule has 1 aliphatic heterocycles. The SMILES string of the molecule is Cc1cc(NC(=O)CC(=O)N2CCN(c3cccc(Cl)c3)CC2)no1. The van der Waals surface area contributed by atoms with Crippen LogP contribution in [0.3, 0.4) is 0 Å². The summed E-state index contributed by atoms with van der Waals surface area (Å²) in [6.07, 6.45) is -0.205. The van der Waals surface area contributed by atoms with Crippen LogP contribution in [-0.2, 0) is 9.59 Å². The van der Waals surface area contributed by atoms with Crippen molar-refractivity contribution in [1.82, 2.24) is 10.1 Å². The largest absolute Gasteiger partial charge is 0.368 e. The minimum Gasteiger partial charge on any atom is -0.368 e. The Morgan fingerprint density at radius 1 is 1.24 bits per heavy atom. The first-order valence-electron chi connectivity index (χ1n) is 8.03. The predicted molar refractivity (Wildman–Crippen MR) is 94.7 cm³/mol. The van der Waals surface area contributed by atoms with E-state index in [-0.39, 0.29) is 12.3 Å². The first-order chi connectivity index (χ1) is 12.0. The molecule has 3 rings (SSSR count). The quantitative estimate of drug-likeness (QED) is 0.844. The molecule has 0 saturated carbocycles. The lowest BCUT2D eigenvalue weighted by Crippen LogP contribution is -2.49. The van der Waals surface area contributed by atoms with Crippen molar-refractivity contribution in [1.29, 1.82) is 0 Å². The molecule has 0 aliphatic carbocycles. The molecular weight excluding hydrogens is 344 g/mol. The Kier molecular flexibility index (Phi) is 5.23. The fourth-order valence-electron chi connectivity index (χ4n) is 2.75. The van der Waals surface area contributed by atoms with Crippen LogP contribution in [-0.4, -0.2) is 48.0 Å². The van der Waals surface area contributed by atoms with Crippen molar-refractivity contribution in [2.24, 2.45) is 0 Å². The van der Waals surface area contributed by atoms with Gasteiger partial charge in [-0.2, -0.15) is 0 Å². The Balaban J connectivity index is 1.49. The Hall–Kier alpha value is -2.54. The number of anilines is 2. The zero-order valence-electron chi connectivity index (χ0n) is 13.9. The first kappa shape index (κ1) is 17.3. The number of rotatable bonds is 4. The molecule has 8 heteroatoms. The van der Waals surface area contributed by atoms with E-state index < -0.39 is 5.91 Å². The van der Waals surface area contributed by atoms with E-state index in [1.165, 1.54) is 0 Å². The molecule has 2 amide bonds. The van der Waals surface area contributed by atoms with Crippen molar-refractivity contribution in [2.75, 3.05) is 36.4 Å². The highest BCUT2D eigenvalue weighted by Gasteiger charge is 2.23. The highest BCUT2D eigenvalue weighted by molar-refractivity contribution is 6.30. The van der Waals surface area contributed by atoms with E-state index in [9.17, 15) is 9.59 Å². The first-order valence-corrected chi connectivity index (χ1v) is 8.40. The van der Waals surface area contributed by atoms with Crippen molar-refractivity contribution in [3.63, 3.8) is 0 Å². The van der Waals surface area contributed by atoms with Gasteiger partial charge in [0.2, 0.25) is 11.8 Å². The highest BCUT2D eigenvalue weighted by atomic mass is 35.5. The van der Waals surface area contributed by atoms with Crippen molar-refractivity contribution < 1.29 is 14.1 Å². The van der Waals surface area contributed by atoms with Crippen molar-refractivity contribution in [3.8, 4) is 0 Å². The molecule has 132 valence electrons. The fourth-order valence-corrected chi connectivity index (χ4v) is 2.93. The lowest BCUT2D eigenvalue weighted by molar-refractivity contribution is -0.134. The number of carbonyl (C=O) groups excluding carboxylic acids is 2. The number of hydrogen-bond acceptors (Lipinski definition) is 5. The van der Waals surface area contributed by atoms with Gasteiger partial charge in [-0.05, 0) is 25.1 Å². The third kappa shape index (κ3) is 4.51. The smallest absolute Gasteiger partial charge is 0.235 e. The zero-order chi connectivity index (χ0) is 17.8. The van der Waals surface area contributed by atoms with Crippen LogP contribution < -0.4 is 10.2 Å². The second-order valence-corrected chi connectivity index (χ2v) is 6.33. The van der Waals surface area contributed by atoms with E-state index in [4.69, 9.17) is 16.1 Å². The summed E-state index contributed by atoms with van der Waals surface area (Å²) in [5.74, 6) is 0.332. The van der Waals surface area contributed by atoms with E-state index in [1.807, 2.05) is 24.3 Å². The van der Waals surface area contributed by atoms with Gasteiger partial charge in [-0.15, -0.1) is 0 Å². The number of benzene rings is 1. The van der Waals surface area contributed by atoms with Gasteiger partial charge in [0.05, 0.1) is 0 Å². The zero-order valence-corrected chi connectivity index (χ0v) is 14.6. The van der Waals surface area contributed by atoms with Gasteiger partial charge in [0.1, 0.15) is 12.2 Å². The van der Waals surface area contributed by atoms with Crippen molar-refractivity contribution >= 4 is 34.9 Å². The van der Waals surface area contributed by atoms with E-state index in [0.717, 1.165) is 5.69 Å². The second-order valence-electron chi connectivity index (χ2n) is 5.90. The molecule has 0 unspecified atom stereocenters. The van der Waals surface area contributed by atoms with Gasteiger partial charge in [-0.3, -0.25) is 9.59 Å². The summed E-state index contributed by atoms with van der Waals surface area (Å²) in [5.41, 5.74) is 1.04. The number of halogens is 1. The predicted octanol–water partition coefficient (Wildman–Crippen LogP) is 2.31. The van der Waals surface area contributed by atoms with Gasteiger partial charge in [0.15, 0.2) is 5.82 Å². The van der Waals surface area contributed by atoms with Crippen LogP contribution in [0.5, 0.6) is 0 Å². The number of piperazine rings is 1. The molecule has 7 nitrogen and oxygen atoms in total. The fraction of sp³-hybridized carbons (Fsp3) is 0.353. The van der Waals surface area contributed by atoms with Crippen molar-refractivity contribution in [3.05, 3.63) is 41.1 Å². The van der Waals surface area contributed by atoms with Crippen LogP contribution in [0, 0.1) is 6.92 Å². The maximum Gasteiger partial charge on any atom is 0.235 e. The van der Waals surface area contributed by atoms with Crippen LogP contribution >= 0.6 is 11.6 Å². The van der Waals surface area contributed by atoms with Gasteiger partial charge in [0, 0.05) is 43.0 Å².